The van der Waals surface area contributed by atoms with Crippen molar-refractivity contribution >= 4 is 33.7 Å². The van der Waals surface area contributed by atoms with Gasteiger partial charge in [-0.2, -0.15) is 0 Å². The molecule has 2 aliphatic heterocycles. The molecule has 5 heterocycles. The molecule has 1 amide bonds. The summed E-state index contributed by atoms with van der Waals surface area (Å²) >= 11 is 0. The van der Waals surface area contributed by atoms with Crippen molar-refractivity contribution in [2.75, 3.05) is 31.6 Å². The molecule has 4 fully saturated rings. The van der Waals surface area contributed by atoms with Gasteiger partial charge in [0.2, 0.25) is 0 Å². The van der Waals surface area contributed by atoms with Crippen molar-refractivity contribution in [1.82, 2.24) is 14.5 Å². The summed E-state index contributed by atoms with van der Waals surface area (Å²) in [6, 6.07) is 12.9. The number of ether oxygens (including phenoxy) is 1. The normalized spacial score (nSPS) is 24.8. The molecular formula is C32H36N4O3. The van der Waals surface area contributed by atoms with Crippen LogP contribution in [0.1, 0.15) is 48.5 Å². The van der Waals surface area contributed by atoms with Crippen molar-refractivity contribution in [3.8, 4) is 11.5 Å². The molecule has 39 heavy (non-hydrogen) atoms. The number of likely N-dealkylation sites (tertiary alicyclic amines) is 1. The molecule has 3 atom stereocenters. The van der Waals surface area contributed by atoms with E-state index in [1.54, 1.807) is 7.11 Å². The number of piperidine rings is 1. The predicted molar refractivity (Wildman–Crippen MR) is 152 cm³/mol. The highest BCUT2D eigenvalue weighted by Crippen LogP contribution is 2.44. The number of hydrogen-bond donors (Lipinski definition) is 0. The molecule has 2 saturated carbocycles. The summed E-state index contributed by atoms with van der Waals surface area (Å²) in [6.07, 6.45) is 5.21. The fourth-order valence-electron chi connectivity index (χ4n) is 7.31. The van der Waals surface area contributed by atoms with Gasteiger partial charge in [0.15, 0.2) is 5.76 Å². The van der Waals surface area contributed by atoms with Crippen molar-refractivity contribution in [3.05, 3.63) is 47.5 Å². The van der Waals surface area contributed by atoms with Gasteiger partial charge in [-0.15, -0.1) is 0 Å². The van der Waals surface area contributed by atoms with Gasteiger partial charge < -0.3 is 23.5 Å². The number of fused-ring (bicyclic) bond motifs is 4. The van der Waals surface area contributed by atoms with Gasteiger partial charge in [0.1, 0.15) is 17.0 Å². The molecule has 3 aromatic heterocycles. The Morgan fingerprint density at radius 1 is 1.08 bits per heavy atom. The van der Waals surface area contributed by atoms with Crippen molar-refractivity contribution in [2.45, 2.75) is 58.2 Å². The van der Waals surface area contributed by atoms with E-state index in [0.29, 0.717) is 23.8 Å². The first-order valence-electron chi connectivity index (χ1n) is 14.6. The minimum absolute atomic E-state index is 0.146. The zero-order chi connectivity index (χ0) is 26.4. The maximum absolute atomic E-state index is 13.5. The first-order chi connectivity index (χ1) is 19.0. The van der Waals surface area contributed by atoms with Gasteiger partial charge in [0.25, 0.3) is 5.91 Å². The lowest BCUT2D eigenvalue weighted by Crippen LogP contribution is -2.52. The number of benzene rings is 1. The first-order valence-corrected chi connectivity index (χ1v) is 14.6. The number of hydrogen-bond acceptors (Lipinski definition) is 5. The number of aromatic nitrogens is 2. The number of methoxy groups -OCH3 is 1. The van der Waals surface area contributed by atoms with E-state index in [2.05, 4.69) is 52.5 Å². The third-order valence-electron chi connectivity index (χ3n) is 10.1. The second kappa shape index (κ2) is 8.59. The van der Waals surface area contributed by atoms with Gasteiger partial charge >= 0.3 is 0 Å². The number of amides is 1. The van der Waals surface area contributed by atoms with Gasteiger partial charge in [0, 0.05) is 61.2 Å². The summed E-state index contributed by atoms with van der Waals surface area (Å²) in [5, 5.41) is 2.20. The Bertz CT molecular complexity index is 1610. The van der Waals surface area contributed by atoms with Crippen LogP contribution < -0.4 is 4.90 Å². The molecule has 2 unspecified atom stereocenters. The van der Waals surface area contributed by atoms with E-state index in [4.69, 9.17) is 14.1 Å². The van der Waals surface area contributed by atoms with E-state index < -0.39 is 0 Å². The topological polar surface area (TPSA) is 63.7 Å². The number of aryl methyl sites for hydroxylation is 1. The van der Waals surface area contributed by atoms with E-state index in [0.717, 1.165) is 83.0 Å². The Morgan fingerprint density at radius 2 is 1.92 bits per heavy atom. The maximum Gasteiger partial charge on any atom is 0.254 e. The van der Waals surface area contributed by atoms with Gasteiger partial charge in [-0.1, -0.05) is 13.0 Å². The zero-order valence-electron chi connectivity index (χ0n) is 23.0. The van der Waals surface area contributed by atoms with Crippen LogP contribution in [0.4, 0.5) is 5.82 Å². The van der Waals surface area contributed by atoms with Crippen LogP contribution in [-0.4, -0.2) is 59.2 Å². The van der Waals surface area contributed by atoms with E-state index in [1.807, 2.05) is 12.1 Å². The monoisotopic (exact) mass is 524 g/mol. The van der Waals surface area contributed by atoms with E-state index in [-0.39, 0.29) is 12.0 Å². The molecule has 2 bridgehead atoms. The first kappa shape index (κ1) is 23.6. The van der Waals surface area contributed by atoms with Crippen LogP contribution in [0.25, 0.3) is 33.5 Å². The van der Waals surface area contributed by atoms with Crippen molar-refractivity contribution in [3.63, 3.8) is 0 Å². The lowest BCUT2D eigenvalue weighted by Gasteiger charge is -2.39. The summed E-state index contributed by atoms with van der Waals surface area (Å²) in [6.45, 7) is 8.04. The number of anilines is 1. The Kier molecular flexibility index (Phi) is 5.19. The highest BCUT2D eigenvalue weighted by molar-refractivity contribution is 5.99. The van der Waals surface area contributed by atoms with Crippen LogP contribution in [0, 0.1) is 24.7 Å². The molecule has 1 aromatic carbocycles. The molecule has 7 heteroatoms. The SMILES string of the molecule is COC1CN(c2ccc3cc(-c4oc5cc(C(=O)N6CC7CCC6[C@@H]7C)ccc5c4C)n(CC4CC4)c3n2)C1. The highest BCUT2D eigenvalue weighted by Gasteiger charge is 2.46. The van der Waals surface area contributed by atoms with Crippen molar-refractivity contribution in [2.24, 2.45) is 17.8 Å². The second-order valence-electron chi connectivity index (χ2n) is 12.4. The highest BCUT2D eigenvalue weighted by atomic mass is 16.5. The number of nitrogens with zero attached hydrogens (tertiary/aromatic N) is 4. The van der Waals surface area contributed by atoms with Crippen LogP contribution in [0.5, 0.6) is 0 Å². The average molecular weight is 525 g/mol. The summed E-state index contributed by atoms with van der Waals surface area (Å²) in [5.74, 6) is 4.00. The van der Waals surface area contributed by atoms with E-state index in [9.17, 15) is 4.79 Å². The zero-order valence-corrected chi connectivity index (χ0v) is 23.0. The van der Waals surface area contributed by atoms with Crippen LogP contribution >= 0.6 is 0 Å². The van der Waals surface area contributed by atoms with Gasteiger partial charge in [-0.05, 0) is 80.7 Å². The number of carbonyl (C=O) groups excluding carboxylic acids is 1. The Labute approximate surface area is 228 Å². The lowest BCUT2D eigenvalue weighted by atomic mass is 10.0. The van der Waals surface area contributed by atoms with Crippen LogP contribution in [0.3, 0.4) is 0 Å². The Hall–Kier alpha value is -3.32. The molecule has 8 rings (SSSR count). The third kappa shape index (κ3) is 3.65. The molecule has 0 spiro atoms. The number of rotatable bonds is 6. The van der Waals surface area contributed by atoms with Crippen LogP contribution in [0.2, 0.25) is 0 Å². The standard InChI is InChI=1S/C32H36N4O3/c1-18-23-7-10-26(18)36(15-23)32(37)22-6-9-25-19(2)30(39-28(25)13-22)27-12-21-8-11-29(34-16-24(17-34)38-3)33-31(21)35(27)14-20-4-5-20/h6,8-9,11-13,18,20,23-24,26H,4-5,7,10,14-17H2,1-3H3/t18-,23?,26?/m1/s1. The Morgan fingerprint density at radius 3 is 2.64 bits per heavy atom. The van der Waals surface area contributed by atoms with Gasteiger partial charge in [-0.3, -0.25) is 4.79 Å². The number of pyridine rings is 1. The summed E-state index contributed by atoms with van der Waals surface area (Å²) < 4.78 is 14.4. The molecular weight excluding hydrogens is 488 g/mol. The minimum Gasteiger partial charge on any atom is -0.454 e. The molecule has 7 nitrogen and oxygen atoms in total. The fourth-order valence-corrected chi connectivity index (χ4v) is 7.31. The summed E-state index contributed by atoms with van der Waals surface area (Å²) in [4.78, 5) is 23.0. The molecule has 2 saturated heterocycles. The van der Waals surface area contributed by atoms with E-state index >= 15 is 0 Å². The second-order valence-corrected chi connectivity index (χ2v) is 12.4. The fraction of sp³-hybridized carbons (Fsp3) is 0.500. The smallest absolute Gasteiger partial charge is 0.254 e. The largest absolute Gasteiger partial charge is 0.454 e. The third-order valence-corrected chi connectivity index (χ3v) is 10.1. The number of furan rings is 1. The van der Waals surface area contributed by atoms with Crippen molar-refractivity contribution < 1.29 is 13.9 Å². The quantitative estimate of drug-likeness (QED) is 0.316. The molecule has 2 aliphatic carbocycles. The molecule has 4 aromatic rings. The molecule has 4 aliphatic rings. The van der Waals surface area contributed by atoms with E-state index in [1.165, 1.54) is 19.3 Å². The molecule has 202 valence electrons. The number of carbonyl (C=O) groups is 1. The van der Waals surface area contributed by atoms with Gasteiger partial charge in [0.05, 0.1) is 11.8 Å². The van der Waals surface area contributed by atoms with Crippen LogP contribution in [0.15, 0.2) is 40.8 Å². The predicted octanol–water partition coefficient (Wildman–Crippen LogP) is 5.87. The summed E-state index contributed by atoms with van der Waals surface area (Å²) in [7, 11) is 1.77. The molecule has 0 radical (unpaired) electrons. The Balaban J connectivity index is 1.17. The average Bonchev–Trinajstić information content (AvgIpc) is 3.33. The minimum atomic E-state index is 0.146. The lowest BCUT2D eigenvalue weighted by molar-refractivity contribution is 0.0696. The van der Waals surface area contributed by atoms with Gasteiger partial charge in [-0.25, -0.2) is 4.98 Å². The van der Waals surface area contributed by atoms with Crippen molar-refractivity contribution in [1.29, 1.82) is 0 Å². The van der Waals surface area contributed by atoms with Crippen LogP contribution in [-0.2, 0) is 11.3 Å². The molecule has 0 N–H and O–H groups in total. The summed E-state index contributed by atoms with van der Waals surface area (Å²) in [5.41, 5.74) is 4.73. The maximum atomic E-state index is 13.5.